The van der Waals surface area contributed by atoms with Crippen LogP contribution in [0.2, 0.25) is 0 Å². The highest BCUT2D eigenvalue weighted by Crippen LogP contribution is 2.08. The van der Waals surface area contributed by atoms with Gasteiger partial charge in [0.15, 0.2) is 0 Å². The molecule has 0 aromatic rings. The van der Waals surface area contributed by atoms with Crippen LogP contribution in [0.1, 0.15) is 19.8 Å². The predicted octanol–water partition coefficient (Wildman–Crippen LogP) is 0.353. The lowest BCUT2D eigenvalue weighted by Gasteiger charge is -2.31. The number of nitrogens with zero attached hydrogens (tertiary/aromatic N) is 1. The van der Waals surface area contributed by atoms with Crippen LogP contribution in [0.15, 0.2) is 0 Å². The van der Waals surface area contributed by atoms with Gasteiger partial charge in [-0.05, 0) is 13.3 Å². The zero-order valence-electron chi connectivity index (χ0n) is 8.58. The number of carbonyl (C=O) groups is 2. The van der Waals surface area contributed by atoms with Crippen molar-refractivity contribution >= 4 is 11.9 Å². The SMILES string of the molecule is COCCC(C)N1CCC(=O)NC1=O. The standard InChI is InChI=1S/C9H16N2O3/c1-7(4-6-14-2)11-5-3-8(12)10-9(11)13/h7H,3-6H2,1-2H3,(H,10,12,13). The first-order valence-corrected chi connectivity index (χ1v) is 4.74. The molecule has 5 heteroatoms. The van der Waals surface area contributed by atoms with Gasteiger partial charge in [-0.25, -0.2) is 4.79 Å². The summed E-state index contributed by atoms with van der Waals surface area (Å²) in [5, 5.41) is 2.29. The Morgan fingerprint density at radius 3 is 2.86 bits per heavy atom. The van der Waals surface area contributed by atoms with Crippen molar-refractivity contribution in [3.05, 3.63) is 0 Å². The maximum Gasteiger partial charge on any atom is 0.324 e. The van der Waals surface area contributed by atoms with E-state index in [0.717, 1.165) is 6.42 Å². The highest BCUT2D eigenvalue weighted by Gasteiger charge is 2.26. The Labute approximate surface area is 83.4 Å². The van der Waals surface area contributed by atoms with E-state index in [1.807, 2.05) is 6.92 Å². The van der Waals surface area contributed by atoms with E-state index in [4.69, 9.17) is 4.74 Å². The third-order valence-corrected chi connectivity index (χ3v) is 2.36. The Kier molecular flexibility index (Phi) is 3.88. The van der Waals surface area contributed by atoms with Crippen molar-refractivity contribution in [3.8, 4) is 0 Å². The molecule has 1 aliphatic rings. The molecule has 1 aliphatic heterocycles. The van der Waals surface area contributed by atoms with E-state index in [1.165, 1.54) is 0 Å². The molecule has 1 heterocycles. The third kappa shape index (κ3) is 2.70. The summed E-state index contributed by atoms with van der Waals surface area (Å²) >= 11 is 0. The molecule has 0 spiro atoms. The van der Waals surface area contributed by atoms with Crippen LogP contribution in [-0.4, -0.2) is 43.1 Å². The molecule has 1 fully saturated rings. The minimum atomic E-state index is -0.287. The zero-order valence-corrected chi connectivity index (χ0v) is 8.58. The molecule has 1 unspecified atom stereocenters. The van der Waals surface area contributed by atoms with E-state index < -0.39 is 0 Å². The van der Waals surface area contributed by atoms with Crippen LogP contribution in [0.5, 0.6) is 0 Å². The first-order valence-electron chi connectivity index (χ1n) is 4.74. The van der Waals surface area contributed by atoms with Gasteiger partial charge in [0, 0.05) is 32.7 Å². The molecule has 1 saturated heterocycles. The summed E-state index contributed by atoms with van der Waals surface area (Å²) in [4.78, 5) is 23.9. The fraction of sp³-hybridized carbons (Fsp3) is 0.778. The highest BCUT2D eigenvalue weighted by atomic mass is 16.5. The summed E-state index contributed by atoms with van der Waals surface area (Å²) in [7, 11) is 1.63. The van der Waals surface area contributed by atoms with E-state index in [0.29, 0.717) is 19.6 Å². The first-order chi connectivity index (χ1) is 6.65. The molecule has 5 nitrogen and oxygen atoms in total. The number of methoxy groups -OCH3 is 1. The van der Waals surface area contributed by atoms with Crippen LogP contribution >= 0.6 is 0 Å². The Balaban J connectivity index is 2.43. The largest absolute Gasteiger partial charge is 0.385 e. The van der Waals surface area contributed by atoms with Crippen LogP contribution < -0.4 is 5.32 Å². The molecule has 1 atom stereocenters. The fourth-order valence-electron chi connectivity index (χ4n) is 1.44. The molecule has 80 valence electrons. The average Bonchev–Trinajstić information content (AvgIpc) is 2.14. The number of ether oxygens (including phenoxy) is 1. The van der Waals surface area contributed by atoms with Gasteiger partial charge in [0.2, 0.25) is 5.91 Å². The van der Waals surface area contributed by atoms with Crippen molar-refractivity contribution in [2.24, 2.45) is 0 Å². The lowest BCUT2D eigenvalue weighted by Crippen LogP contribution is -2.52. The van der Waals surface area contributed by atoms with Crippen LogP contribution in [0.4, 0.5) is 4.79 Å². The average molecular weight is 200 g/mol. The Bertz CT molecular complexity index is 230. The first kappa shape index (κ1) is 11.0. The molecular formula is C9H16N2O3. The number of hydrogen-bond donors (Lipinski definition) is 1. The second-order valence-corrected chi connectivity index (χ2v) is 3.43. The second-order valence-electron chi connectivity index (χ2n) is 3.43. The topological polar surface area (TPSA) is 58.6 Å². The van der Waals surface area contributed by atoms with Crippen molar-refractivity contribution in [2.75, 3.05) is 20.3 Å². The van der Waals surface area contributed by atoms with Crippen molar-refractivity contribution in [1.29, 1.82) is 0 Å². The van der Waals surface area contributed by atoms with E-state index in [2.05, 4.69) is 5.32 Å². The molecule has 0 bridgehead atoms. The van der Waals surface area contributed by atoms with E-state index in [1.54, 1.807) is 12.0 Å². The smallest absolute Gasteiger partial charge is 0.324 e. The maximum absolute atomic E-state index is 11.4. The molecule has 0 aliphatic carbocycles. The lowest BCUT2D eigenvalue weighted by molar-refractivity contribution is -0.121. The van der Waals surface area contributed by atoms with Gasteiger partial charge in [-0.3, -0.25) is 10.1 Å². The second kappa shape index (κ2) is 4.95. The summed E-state index contributed by atoms with van der Waals surface area (Å²) in [6, 6.07) is -0.173. The van der Waals surface area contributed by atoms with Gasteiger partial charge in [-0.15, -0.1) is 0 Å². The third-order valence-electron chi connectivity index (χ3n) is 2.36. The van der Waals surface area contributed by atoms with Crippen molar-refractivity contribution in [1.82, 2.24) is 10.2 Å². The van der Waals surface area contributed by atoms with Crippen LogP contribution in [0.25, 0.3) is 0 Å². The molecule has 0 aromatic heterocycles. The number of rotatable bonds is 4. The van der Waals surface area contributed by atoms with Gasteiger partial charge in [-0.1, -0.05) is 0 Å². The van der Waals surface area contributed by atoms with Crippen LogP contribution in [0.3, 0.4) is 0 Å². The van der Waals surface area contributed by atoms with Gasteiger partial charge >= 0.3 is 6.03 Å². The monoisotopic (exact) mass is 200 g/mol. The minimum absolute atomic E-state index is 0.114. The molecule has 1 rings (SSSR count). The van der Waals surface area contributed by atoms with E-state index >= 15 is 0 Å². The summed E-state index contributed by atoms with van der Waals surface area (Å²) < 4.78 is 4.93. The summed E-state index contributed by atoms with van der Waals surface area (Å²) in [5.74, 6) is -0.190. The number of carbonyl (C=O) groups excluding carboxylic acids is 2. The Hall–Kier alpha value is -1.10. The maximum atomic E-state index is 11.4. The van der Waals surface area contributed by atoms with Crippen molar-refractivity contribution < 1.29 is 14.3 Å². The van der Waals surface area contributed by atoms with E-state index in [9.17, 15) is 9.59 Å². The molecule has 0 aromatic carbocycles. The van der Waals surface area contributed by atoms with Crippen LogP contribution in [-0.2, 0) is 9.53 Å². The summed E-state index contributed by atoms with van der Waals surface area (Å²) in [6.07, 6.45) is 1.18. The van der Waals surface area contributed by atoms with Crippen molar-refractivity contribution in [2.45, 2.75) is 25.8 Å². The summed E-state index contributed by atoms with van der Waals surface area (Å²) in [5.41, 5.74) is 0. The van der Waals surface area contributed by atoms with Gasteiger partial charge in [0.25, 0.3) is 0 Å². The minimum Gasteiger partial charge on any atom is -0.385 e. The number of urea groups is 1. The predicted molar refractivity (Wildman–Crippen MR) is 50.8 cm³/mol. The molecule has 14 heavy (non-hydrogen) atoms. The molecule has 3 amide bonds. The summed E-state index contributed by atoms with van der Waals surface area (Å²) in [6.45, 7) is 3.09. The molecule has 0 radical (unpaired) electrons. The number of hydrogen-bond acceptors (Lipinski definition) is 3. The highest BCUT2D eigenvalue weighted by molar-refractivity contribution is 5.96. The number of amides is 3. The van der Waals surface area contributed by atoms with Crippen molar-refractivity contribution in [3.63, 3.8) is 0 Å². The Morgan fingerprint density at radius 2 is 2.29 bits per heavy atom. The van der Waals surface area contributed by atoms with Gasteiger partial charge in [0.1, 0.15) is 0 Å². The van der Waals surface area contributed by atoms with Gasteiger partial charge < -0.3 is 9.64 Å². The quantitative estimate of drug-likeness (QED) is 0.712. The normalized spacial score (nSPS) is 19.4. The van der Waals surface area contributed by atoms with Gasteiger partial charge in [-0.2, -0.15) is 0 Å². The number of nitrogens with one attached hydrogen (secondary N) is 1. The zero-order chi connectivity index (χ0) is 10.6. The lowest BCUT2D eigenvalue weighted by atomic mass is 10.2. The number of imide groups is 1. The molecular weight excluding hydrogens is 184 g/mol. The fourth-order valence-corrected chi connectivity index (χ4v) is 1.44. The van der Waals surface area contributed by atoms with E-state index in [-0.39, 0.29) is 18.0 Å². The molecule has 1 N–H and O–H groups in total. The van der Waals surface area contributed by atoms with Crippen LogP contribution in [0, 0.1) is 0 Å². The molecule has 0 saturated carbocycles. The Morgan fingerprint density at radius 1 is 1.57 bits per heavy atom. The van der Waals surface area contributed by atoms with Gasteiger partial charge in [0.05, 0.1) is 0 Å².